The molecule has 0 radical (unpaired) electrons. The van der Waals surface area contributed by atoms with E-state index in [1.807, 2.05) is 41.1 Å². The first-order valence-corrected chi connectivity index (χ1v) is 8.27. The van der Waals surface area contributed by atoms with Crippen molar-refractivity contribution in [1.82, 2.24) is 24.6 Å². The van der Waals surface area contributed by atoms with Gasteiger partial charge in [0.15, 0.2) is 5.69 Å². The maximum atomic E-state index is 12.5. The van der Waals surface area contributed by atoms with Crippen molar-refractivity contribution in [2.45, 2.75) is 19.7 Å². The van der Waals surface area contributed by atoms with Crippen molar-refractivity contribution in [2.24, 2.45) is 0 Å². The van der Waals surface area contributed by atoms with Crippen LogP contribution in [0.15, 0.2) is 53.6 Å². The monoisotopic (exact) mass is 351 g/mol. The Labute approximate surface area is 149 Å². The van der Waals surface area contributed by atoms with E-state index in [-0.39, 0.29) is 11.6 Å². The van der Waals surface area contributed by atoms with E-state index in [4.69, 9.17) is 4.74 Å². The molecule has 3 aromatic rings. The molecule has 0 spiro atoms. The molecule has 0 aliphatic carbocycles. The van der Waals surface area contributed by atoms with Gasteiger partial charge in [-0.15, -0.1) is 5.10 Å². The van der Waals surface area contributed by atoms with Crippen molar-refractivity contribution in [2.75, 3.05) is 6.54 Å². The topological polar surface area (TPSA) is 93.1 Å². The number of hydrogen-bond donors (Lipinski definition) is 1. The molecule has 1 aliphatic rings. The van der Waals surface area contributed by atoms with Gasteiger partial charge in [0.25, 0.3) is 11.5 Å². The van der Waals surface area contributed by atoms with E-state index in [9.17, 15) is 9.59 Å². The van der Waals surface area contributed by atoms with Gasteiger partial charge in [-0.2, -0.15) is 0 Å². The molecule has 1 aromatic carbocycles. The summed E-state index contributed by atoms with van der Waals surface area (Å²) in [6.07, 6.45) is 2.80. The molecular weight excluding hydrogens is 334 g/mol. The zero-order valence-corrected chi connectivity index (χ0v) is 14.0. The predicted molar refractivity (Wildman–Crippen MR) is 92.6 cm³/mol. The number of H-pyrrole nitrogens is 1. The van der Waals surface area contributed by atoms with E-state index < -0.39 is 5.56 Å². The second-order valence-corrected chi connectivity index (χ2v) is 5.96. The molecule has 0 fully saturated rings. The average molecular weight is 351 g/mol. The van der Waals surface area contributed by atoms with Crippen molar-refractivity contribution in [3.05, 3.63) is 76.1 Å². The van der Waals surface area contributed by atoms with Crippen LogP contribution in [0.5, 0.6) is 5.88 Å². The molecule has 132 valence electrons. The number of ether oxygens (including phenoxy) is 1. The summed E-state index contributed by atoms with van der Waals surface area (Å²) in [6, 6.07) is 11.7. The second-order valence-electron chi connectivity index (χ2n) is 5.96. The fourth-order valence-electron chi connectivity index (χ4n) is 2.87. The molecule has 4 rings (SSSR count). The number of aromatic nitrogens is 4. The van der Waals surface area contributed by atoms with Crippen LogP contribution >= 0.6 is 0 Å². The molecule has 0 atom stereocenters. The van der Waals surface area contributed by atoms with E-state index >= 15 is 0 Å². The molecule has 1 N–H and O–H groups in total. The van der Waals surface area contributed by atoms with E-state index in [2.05, 4.69) is 15.1 Å². The highest BCUT2D eigenvalue weighted by molar-refractivity contribution is 5.91. The molecular formula is C18H17N5O3. The highest BCUT2D eigenvalue weighted by Crippen LogP contribution is 2.19. The minimum atomic E-state index is -0.483. The van der Waals surface area contributed by atoms with Gasteiger partial charge in [0.2, 0.25) is 5.88 Å². The lowest BCUT2D eigenvalue weighted by Gasteiger charge is -2.26. The highest BCUT2D eigenvalue weighted by atomic mass is 16.5. The number of benzene rings is 1. The molecule has 0 unspecified atom stereocenters. The zero-order chi connectivity index (χ0) is 17.9. The van der Waals surface area contributed by atoms with Crippen LogP contribution < -0.4 is 10.3 Å². The van der Waals surface area contributed by atoms with Crippen molar-refractivity contribution in [3.63, 3.8) is 0 Å². The van der Waals surface area contributed by atoms with Gasteiger partial charge in [-0.1, -0.05) is 30.3 Å². The molecule has 3 heterocycles. The molecule has 0 saturated heterocycles. The minimum Gasteiger partial charge on any atom is -0.472 e. The van der Waals surface area contributed by atoms with Gasteiger partial charge >= 0.3 is 0 Å². The fourth-order valence-corrected chi connectivity index (χ4v) is 2.87. The predicted octanol–water partition coefficient (Wildman–Crippen LogP) is 1.20. The van der Waals surface area contributed by atoms with Gasteiger partial charge in [0, 0.05) is 25.0 Å². The lowest BCUT2D eigenvalue weighted by Crippen LogP contribution is -2.40. The van der Waals surface area contributed by atoms with Crippen molar-refractivity contribution in [1.29, 1.82) is 0 Å². The highest BCUT2D eigenvalue weighted by Gasteiger charge is 2.26. The molecule has 1 amide bonds. The third-order valence-electron chi connectivity index (χ3n) is 4.20. The Bertz CT molecular complexity index is 980. The van der Waals surface area contributed by atoms with Crippen molar-refractivity contribution >= 4 is 5.91 Å². The first kappa shape index (κ1) is 16.1. The number of amides is 1. The van der Waals surface area contributed by atoms with Crippen LogP contribution in [0.25, 0.3) is 0 Å². The molecule has 0 bridgehead atoms. The summed E-state index contributed by atoms with van der Waals surface area (Å²) in [5, 5.41) is 4.42. The SMILES string of the molecule is O=C(c1ncc[nH]c1=O)N1CCn2nc(OCc3ccccc3)cc2C1. The van der Waals surface area contributed by atoms with Crippen LogP contribution in [0.2, 0.25) is 0 Å². The fraction of sp³-hybridized carbons (Fsp3) is 0.222. The Hall–Kier alpha value is -3.42. The summed E-state index contributed by atoms with van der Waals surface area (Å²) < 4.78 is 7.57. The van der Waals surface area contributed by atoms with Crippen LogP contribution in [0.3, 0.4) is 0 Å². The number of carbonyl (C=O) groups is 1. The average Bonchev–Trinajstić information content (AvgIpc) is 3.09. The van der Waals surface area contributed by atoms with Crippen LogP contribution in [-0.4, -0.2) is 37.1 Å². The molecule has 2 aromatic heterocycles. The Morgan fingerprint density at radius 1 is 1.23 bits per heavy atom. The van der Waals surface area contributed by atoms with E-state index in [1.165, 1.54) is 12.4 Å². The minimum absolute atomic E-state index is 0.0963. The Balaban J connectivity index is 1.46. The van der Waals surface area contributed by atoms with Gasteiger partial charge < -0.3 is 14.6 Å². The third kappa shape index (κ3) is 3.21. The standard InChI is InChI=1S/C18H17N5O3/c24-17-16(19-6-7-20-17)18(25)22-8-9-23-14(11-22)10-15(21-23)26-12-13-4-2-1-3-5-13/h1-7,10H,8-9,11-12H2,(H,20,24). The number of aromatic amines is 1. The normalized spacial score (nSPS) is 13.3. The zero-order valence-electron chi connectivity index (χ0n) is 14.0. The van der Waals surface area contributed by atoms with Crippen LogP contribution in [-0.2, 0) is 19.7 Å². The van der Waals surface area contributed by atoms with Gasteiger partial charge in [0.05, 0.1) is 18.8 Å². The van der Waals surface area contributed by atoms with Gasteiger partial charge in [-0.05, 0) is 5.56 Å². The summed E-state index contributed by atoms with van der Waals surface area (Å²) in [7, 11) is 0. The second kappa shape index (κ2) is 6.83. The number of carbonyl (C=O) groups excluding carboxylic acids is 1. The van der Waals surface area contributed by atoms with E-state index in [0.717, 1.165) is 11.3 Å². The third-order valence-corrected chi connectivity index (χ3v) is 4.20. The van der Waals surface area contributed by atoms with Gasteiger partial charge in [0.1, 0.15) is 6.61 Å². The Morgan fingerprint density at radius 3 is 2.88 bits per heavy atom. The van der Waals surface area contributed by atoms with Gasteiger partial charge in [-0.25, -0.2) is 4.98 Å². The summed E-state index contributed by atoms with van der Waals surface area (Å²) in [5.41, 5.74) is 1.34. The van der Waals surface area contributed by atoms with E-state index in [0.29, 0.717) is 32.1 Å². The molecule has 8 heteroatoms. The number of rotatable bonds is 4. The summed E-state index contributed by atoms with van der Waals surface area (Å²) in [5.74, 6) is 0.139. The molecule has 26 heavy (non-hydrogen) atoms. The van der Waals surface area contributed by atoms with Crippen molar-refractivity contribution < 1.29 is 9.53 Å². The summed E-state index contributed by atoms with van der Waals surface area (Å²) >= 11 is 0. The Kier molecular flexibility index (Phi) is 4.22. The van der Waals surface area contributed by atoms with Crippen molar-refractivity contribution in [3.8, 4) is 5.88 Å². The largest absolute Gasteiger partial charge is 0.472 e. The first-order chi connectivity index (χ1) is 12.7. The molecule has 0 saturated carbocycles. The number of nitrogens with one attached hydrogen (secondary N) is 1. The smallest absolute Gasteiger partial charge is 0.279 e. The molecule has 1 aliphatic heterocycles. The maximum Gasteiger partial charge on any atom is 0.279 e. The first-order valence-electron chi connectivity index (χ1n) is 8.27. The quantitative estimate of drug-likeness (QED) is 0.762. The summed E-state index contributed by atoms with van der Waals surface area (Å²) in [4.78, 5) is 32.3. The lowest BCUT2D eigenvalue weighted by atomic mass is 10.2. The van der Waals surface area contributed by atoms with E-state index in [1.54, 1.807) is 4.90 Å². The molecule has 8 nitrogen and oxygen atoms in total. The van der Waals surface area contributed by atoms with Crippen LogP contribution in [0.1, 0.15) is 21.7 Å². The number of fused-ring (bicyclic) bond motifs is 1. The lowest BCUT2D eigenvalue weighted by molar-refractivity contribution is 0.0698. The van der Waals surface area contributed by atoms with Crippen LogP contribution in [0, 0.1) is 0 Å². The summed E-state index contributed by atoms with van der Waals surface area (Å²) in [6.45, 7) is 1.79. The number of nitrogens with zero attached hydrogens (tertiary/aromatic N) is 4. The maximum absolute atomic E-state index is 12.5. The van der Waals surface area contributed by atoms with Gasteiger partial charge in [-0.3, -0.25) is 14.3 Å². The number of hydrogen-bond acceptors (Lipinski definition) is 5. The Morgan fingerprint density at radius 2 is 2.08 bits per heavy atom. The van der Waals surface area contributed by atoms with Crippen LogP contribution in [0.4, 0.5) is 0 Å².